The number of benzene rings is 1. The first-order chi connectivity index (χ1) is 10.5. The molecule has 0 saturated carbocycles. The van der Waals surface area contributed by atoms with Crippen molar-refractivity contribution in [3.05, 3.63) is 57.4 Å². The molecule has 1 N–H and O–H groups in total. The van der Waals surface area contributed by atoms with E-state index in [9.17, 15) is 4.79 Å². The molecule has 1 aromatic carbocycles. The van der Waals surface area contributed by atoms with Gasteiger partial charge in [-0.25, -0.2) is 0 Å². The van der Waals surface area contributed by atoms with Gasteiger partial charge in [-0.15, -0.1) is 0 Å². The van der Waals surface area contributed by atoms with E-state index in [0.717, 1.165) is 21.1 Å². The second kappa shape index (κ2) is 5.82. The van der Waals surface area contributed by atoms with E-state index in [-0.39, 0.29) is 5.91 Å². The van der Waals surface area contributed by atoms with Gasteiger partial charge in [0.05, 0.1) is 17.1 Å². The molecule has 0 fully saturated rings. The molecule has 0 aliphatic carbocycles. The fourth-order valence-electron chi connectivity index (χ4n) is 2.55. The molecule has 0 aliphatic heterocycles. The van der Waals surface area contributed by atoms with Gasteiger partial charge in [0.15, 0.2) is 0 Å². The molecule has 0 bridgehead atoms. The molecule has 0 unspecified atom stereocenters. The summed E-state index contributed by atoms with van der Waals surface area (Å²) in [5.74, 6) is -0.0320. The first kappa shape index (κ1) is 15.2. The Bertz CT molecular complexity index is 852. The third-order valence-corrected chi connectivity index (χ3v) is 4.57. The van der Waals surface area contributed by atoms with Crippen molar-refractivity contribution in [1.29, 1.82) is 0 Å². The Morgan fingerprint density at radius 1 is 1.45 bits per heavy atom. The predicted octanol–water partition coefficient (Wildman–Crippen LogP) is 4.19. The fourth-order valence-corrected chi connectivity index (χ4v) is 3.40. The molecule has 6 heteroatoms. The molecule has 0 atom stereocenters. The van der Waals surface area contributed by atoms with E-state index < -0.39 is 0 Å². The molecule has 0 saturated heterocycles. The lowest BCUT2D eigenvalue weighted by atomic mass is 10.1. The van der Waals surface area contributed by atoms with Gasteiger partial charge in [-0.05, 0) is 18.2 Å². The maximum atomic E-state index is 12.7. The molecule has 1 amide bonds. The van der Waals surface area contributed by atoms with Crippen molar-refractivity contribution in [2.75, 3.05) is 7.05 Å². The molecule has 0 spiro atoms. The molecule has 2 heterocycles. The third kappa shape index (κ3) is 2.66. The van der Waals surface area contributed by atoms with Crippen molar-refractivity contribution in [3.63, 3.8) is 0 Å². The zero-order valence-electron chi connectivity index (χ0n) is 12.2. The number of halogens is 2. The molecule has 2 aromatic heterocycles. The Kier molecular flexibility index (Phi) is 4.02. The van der Waals surface area contributed by atoms with Gasteiger partial charge in [0.2, 0.25) is 0 Å². The number of carbonyl (C=O) groups is 1. The van der Waals surface area contributed by atoms with Gasteiger partial charge in [0.25, 0.3) is 5.91 Å². The summed E-state index contributed by atoms with van der Waals surface area (Å²) in [7, 11) is 3.71. The van der Waals surface area contributed by atoms with Gasteiger partial charge in [-0.1, -0.05) is 33.6 Å². The summed E-state index contributed by atoms with van der Waals surface area (Å²) >= 11 is 9.51. The predicted molar refractivity (Wildman–Crippen MR) is 92.2 cm³/mol. The molecular weight excluding hydrogens is 366 g/mol. The van der Waals surface area contributed by atoms with Gasteiger partial charge in [-0.3, -0.25) is 4.79 Å². The highest BCUT2D eigenvalue weighted by Crippen LogP contribution is 2.28. The van der Waals surface area contributed by atoms with Crippen LogP contribution in [0.4, 0.5) is 0 Å². The highest BCUT2D eigenvalue weighted by atomic mass is 79.9. The number of nitrogens with one attached hydrogen (secondary N) is 1. The average molecular weight is 381 g/mol. The Balaban J connectivity index is 1.90. The number of aromatic nitrogens is 2. The highest BCUT2D eigenvalue weighted by Gasteiger charge is 2.19. The topological polar surface area (TPSA) is 41.0 Å². The van der Waals surface area contributed by atoms with Crippen molar-refractivity contribution in [2.24, 2.45) is 7.05 Å². The van der Waals surface area contributed by atoms with E-state index in [1.54, 1.807) is 18.1 Å². The van der Waals surface area contributed by atoms with E-state index in [0.29, 0.717) is 17.1 Å². The quantitative estimate of drug-likeness (QED) is 0.727. The number of rotatable bonds is 3. The first-order valence-electron chi connectivity index (χ1n) is 6.79. The molecule has 0 aliphatic rings. The lowest BCUT2D eigenvalue weighted by molar-refractivity contribution is 0.0784. The minimum Gasteiger partial charge on any atom is -0.360 e. The minimum absolute atomic E-state index is 0.0320. The summed E-state index contributed by atoms with van der Waals surface area (Å²) in [5.41, 5.74) is 2.58. The lowest BCUT2D eigenvalue weighted by Crippen LogP contribution is -2.26. The standard InChI is InChI=1S/C16H15BrClN3O/c1-20-8-10(18)6-11(20)9-21(2)16(22)12-7-19-14-5-3-4-13(17)15(12)14/h3-8,19H,9H2,1-2H3. The molecule has 0 radical (unpaired) electrons. The van der Waals surface area contributed by atoms with Crippen molar-refractivity contribution < 1.29 is 4.79 Å². The van der Waals surface area contributed by atoms with Crippen LogP contribution in [0.5, 0.6) is 0 Å². The van der Waals surface area contributed by atoms with Crippen LogP contribution in [0.15, 0.2) is 41.1 Å². The number of aryl methyl sites for hydroxylation is 1. The van der Waals surface area contributed by atoms with Crippen LogP contribution in [0.25, 0.3) is 10.9 Å². The van der Waals surface area contributed by atoms with E-state index in [1.807, 2.05) is 42.1 Å². The van der Waals surface area contributed by atoms with Crippen molar-refractivity contribution in [1.82, 2.24) is 14.5 Å². The summed E-state index contributed by atoms with van der Waals surface area (Å²) in [5, 5.41) is 1.58. The summed E-state index contributed by atoms with van der Waals surface area (Å²) in [4.78, 5) is 17.6. The Morgan fingerprint density at radius 2 is 2.23 bits per heavy atom. The Labute approximate surface area is 141 Å². The largest absolute Gasteiger partial charge is 0.360 e. The number of nitrogens with zero attached hydrogens (tertiary/aromatic N) is 2. The lowest BCUT2D eigenvalue weighted by Gasteiger charge is -2.17. The smallest absolute Gasteiger partial charge is 0.256 e. The second-order valence-electron chi connectivity index (χ2n) is 5.29. The molecule has 22 heavy (non-hydrogen) atoms. The van der Waals surface area contributed by atoms with Gasteiger partial charge < -0.3 is 14.5 Å². The first-order valence-corrected chi connectivity index (χ1v) is 7.96. The third-order valence-electron chi connectivity index (χ3n) is 3.71. The van der Waals surface area contributed by atoms with E-state index in [1.165, 1.54) is 0 Å². The van der Waals surface area contributed by atoms with Crippen LogP contribution in [-0.4, -0.2) is 27.4 Å². The van der Waals surface area contributed by atoms with Gasteiger partial charge in [-0.2, -0.15) is 0 Å². The fraction of sp³-hybridized carbons (Fsp3) is 0.188. The average Bonchev–Trinajstić information content (AvgIpc) is 3.03. The zero-order chi connectivity index (χ0) is 15.9. The molecule has 114 valence electrons. The number of amides is 1. The number of H-pyrrole nitrogens is 1. The molecule has 3 rings (SSSR count). The highest BCUT2D eigenvalue weighted by molar-refractivity contribution is 9.10. The summed E-state index contributed by atoms with van der Waals surface area (Å²) in [6, 6.07) is 7.70. The van der Waals surface area contributed by atoms with Crippen LogP contribution in [-0.2, 0) is 13.6 Å². The number of hydrogen-bond acceptors (Lipinski definition) is 1. The van der Waals surface area contributed by atoms with Gasteiger partial charge in [0, 0.05) is 47.6 Å². The van der Waals surface area contributed by atoms with Crippen molar-refractivity contribution in [3.8, 4) is 0 Å². The Hall–Kier alpha value is -1.72. The number of carbonyl (C=O) groups excluding carboxylic acids is 1. The maximum absolute atomic E-state index is 12.7. The SMILES string of the molecule is CN(Cc1cc(Cl)cn1C)C(=O)c1c[nH]c2cccc(Br)c12. The number of aromatic amines is 1. The van der Waals surface area contributed by atoms with Crippen molar-refractivity contribution in [2.45, 2.75) is 6.54 Å². The molecule has 4 nitrogen and oxygen atoms in total. The van der Waals surface area contributed by atoms with E-state index in [2.05, 4.69) is 20.9 Å². The van der Waals surface area contributed by atoms with Gasteiger partial charge >= 0.3 is 0 Å². The van der Waals surface area contributed by atoms with Crippen LogP contribution in [0.3, 0.4) is 0 Å². The zero-order valence-corrected chi connectivity index (χ0v) is 14.6. The van der Waals surface area contributed by atoms with Crippen LogP contribution in [0.1, 0.15) is 16.1 Å². The summed E-state index contributed by atoms with van der Waals surface area (Å²) < 4.78 is 2.84. The summed E-state index contributed by atoms with van der Waals surface area (Å²) in [6.07, 6.45) is 3.59. The second-order valence-corrected chi connectivity index (χ2v) is 6.58. The van der Waals surface area contributed by atoms with Crippen LogP contribution in [0.2, 0.25) is 5.02 Å². The normalized spacial score (nSPS) is 11.1. The summed E-state index contributed by atoms with van der Waals surface area (Å²) in [6.45, 7) is 0.499. The van der Waals surface area contributed by atoms with E-state index in [4.69, 9.17) is 11.6 Å². The Morgan fingerprint density at radius 3 is 2.91 bits per heavy atom. The van der Waals surface area contributed by atoms with E-state index >= 15 is 0 Å². The minimum atomic E-state index is -0.0320. The molecule has 3 aromatic rings. The van der Waals surface area contributed by atoms with Crippen LogP contribution < -0.4 is 0 Å². The molecular formula is C16H15BrClN3O. The van der Waals surface area contributed by atoms with Gasteiger partial charge in [0.1, 0.15) is 0 Å². The van der Waals surface area contributed by atoms with Crippen LogP contribution in [0, 0.1) is 0 Å². The monoisotopic (exact) mass is 379 g/mol. The van der Waals surface area contributed by atoms with Crippen molar-refractivity contribution >= 4 is 44.3 Å². The maximum Gasteiger partial charge on any atom is 0.256 e. The number of fused-ring (bicyclic) bond motifs is 1. The number of hydrogen-bond donors (Lipinski definition) is 1. The van der Waals surface area contributed by atoms with Crippen LogP contribution >= 0.6 is 27.5 Å².